The lowest BCUT2D eigenvalue weighted by atomic mass is 9.74. The van der Waals surface area contributed by atoms with Gasteiger partial charge in [-0.15, -0.1) is 0 Å². The van der Waals surface area contributed by atoms with Crippen LogP contribution in [0.1, 0.15) is 44.6 Å². The first-order valence-electron chi connectivity index (χ1n) is 9.34. The van der Waals surface area contributed by atoms with Gasteiger partial charge < -0.3 is 9.47 Å². The molecule has 2 rings (SSSR count). The Labute approximate surface area is 160 Å². The normalized spacial score (nSPS) is 19.2. The maximum Gasteiger partial charge on any atom is 0.316 e. The summed E-state index contributed by atoms with van der Waals surface area (Å²) < 4.78 is 23.8. The van der Waals surface area contributed by atoms with Gasteiger partial charge in [0.15, 0.2) is 5.90 Å². The van der Waals surface area contributed by atoms with Gasteiger partial charge in [-0.05, 0) is 37.0 Å². The standard InChI is InChI=1S/C21H28FNO4/c1-13(2)19(24)18(21(25)27-4)17(14-7-9-16(22)10-8-14)12-15-6-5-11-23-20(15)26-3/h7-10,13,15,17-18H,5-6,11-12H2,1-4H3. The van der Waals surface area contributed by atoms with Gasteiger partial charge in [-0.3, -0.25) is 14.6 Å². The molecule has 6 heteroatoms. The molecule has 0 bridgehead atoms. The highest BCUT2D eigenvalue weighted by Gasteiger charge is 2.40. The Morgan fingerprint density at radius 1 is 1.22 bits per heavy atom. The molecule has 1 aromatic carbocycles. The van der Waals surface area contributed by atoms with Gasteiger partial charge in [-0.2, -0.15) is 0 Å². The van der Waals surface area contributed by atoms with Gasteiger partial charge in [0.05, 0.1) is 14.2 Å². The number of esters is 1. The van der Waals surface area contributed by atoms with E-state index in [4.69, 9.17) is 9.47 Å². The monoisotopic (exact) mass is 377 g/mol. The number of aliphatic imine (C=N–C) groups is 1. The minimum atomic E-state index is -0.944. The van der Waals surface area contributed by atoms with Crippen LogP contribution in [0.3, 0.4) is 0 Å². The van der Waals surface area contributed by atoms with Crippen molar-refractivity contribution in [2.75, 3.05) is 20.8 Å². The molecule has 0 fully saturated rings. The second kappa shape index (κ2) is 9.62. The van der Waals surface area contributed by atoms with Crippen molar-refractivity contribution in [1.29, 1.82) is 0 Å². The maximum absolute atomic E-state index is 13.4. The van der Waals surface area contributed by atoms with Crippen molar-refractivity contribution in [3.63, 3.8) is 0 Å². The zero-order valence-electron chi connectivity index (χ0n) is 16.4. The van der Waals surface area contributed by atoms with E-state index in [0.717, 1.165) is 18.4 Å². The molecule has 5 nitrogen and oxygen atoms in total. The number of ketones is 1. The van der Waals surface area contributed by atoms with Crippen LogP contribution in [0.2, 0.25) is 0 Å². The molecule has 1 heterocycles. The number of Topliss-reactive ketones (excluding diaryl/α,β-unsaturated/α-hetero) is 1. The molecule has 0 aliphatic carbocycles. The minimum Gasteiger partial charge on any atom is -0.484 e. The first-order chi connectivity index (χ1) is 12.9. The van der Waals surface area contributed by atoms with E-state index in [1.807, 2.05) is 0 Å². The molecule has 3 unspecified atom stereocenters. The summed E-state index contributed by atoms with van der Waals surface area (Å²) in [4.78, 5) is 29.9. The summed E-state index contributed by atoms with van der Waals surface area (Å²) >= 11 is 0. The molecule has 3 atom stereocenters. The number of carbonyl (C=O) groups is 2. The summed E-state index contributed by atoms with van der Waals surface area (Å²) in [7, 11) is 2.87. The molecular formula is C21H28FNO4. The fourth-order valence-corrected chi connectivity index (χ4v) is 3.68. The molecule has 0 N–H and O–H groups in total. The smallest absolute Gasteiger partial charge is 0.316 e. The third kappa shape index (κ3) is 5.15. The average molecular weight is 377 g/mol. The van der Waals surface area contributed by atoms with Crippen LogP contribution in [0.25, 0.3) is 0 Å². The lowest BCUT2D eigenvalue weighted by molar-refractivity contribution is -0.151. The van der Waals surface area contributed by atoms with Crippen molar-refractivity contribution in [1.82, 2.24) is 0 Å². The summed E-state index contributed by atoms with van der Waals surface area (Å²) in [5.41, 5.74) is 0.738. The van der Waals surface area contributed by atoms with Crippen molar-refractivity contribution >= 4 is 17.7 Å². The number of ether oxygens (including phenoxy) is 2. The van der Waals surface area contributed by atoms with E-state index in [9.17, 15) is 14.0 Å². The molecule has 1 aromatic rings. The van der Waals surface area contributed by atoms with E-state index in [1.165, 1.54) is 19.2 Å². The number of nitrogens with zero attached hydrogens (tertiary/aromatic N) is 1. The average Bonchev–Trinajstić information content (AvgIpc) is 2.68. The highest BCUT2D eigenvalue weighted by Crippen LogP contribution is 2.37. The molecule has 0 saturated carbocycles. The largest absolute Gasteiger partial charge is 0.484 e. The molecule has 0 amide bonds. The van der Waals surface area contributed by atoms with Gasteiger partial charge in [-0.1, -0.05) is 26.0 Å². The highest BCUT2D eigenvalue weighted by atomic mass is 19.1. The summed E-state index contributed by atoms with van der Waals surface area (Å²) in [5, 5.41) is 0. The lowest BCUT2D eigenvalue weighted by Gasteiger charge is -2.31. The first kappa shape index (κ1) is 21.1. The van der Waals surface area contributed by atoms with Gasteiger partial charge in [0.1, 0.15) is 17.5 Å². The summed E-state index contributed by atoms with van der Waals surface area (Å²) in [6.07, 6.45) is 2.30. The minimum absolute atomic E-state index is 0.00548. The Morgan fingerprint density at radius 2 is 1.89 bits per heavy atom. The zero-order chi connectivity index (χ0) is 20.0. The van der Waals surface area contributed by atoms with Crippen LogP contribution in [-0.4, -0.2) is 38.4 Å². The van der Waals surface area contributed by atoms with Crippen LogP contribution in [0.5, 0.6) is 0 Å². The van der Waals surface area contributed by atoms with Gasteiger partial charge in [0.25, 0.3) is 0 Å². The molecule has 27 heavy (non-hydrogen) atoms. The Hall–Kier alpha value is -2.24. The second-order valence-corrected chi connectivity index (χ2v) is 7.21. The molecule has 1 aliphatic heterocycles. The number of methoxy groups -OCH3 is 2. The van der Waals surface area contributed by atoms with Crippen molar-refractivity contribution in [2.24, 2.45) is 22.7 Å². The van der Waals surface area contributed by atoms with Crippen molar-refractivity contribution < 1.29 is 23.5 Å². The third-order valence-corrected chi connectivity index (χ3v) is 5.11. The van der Waals surface area contributed by atoms with E-state index in [-0.39, 0.29) is 23.4 Å². The zero-order valence-corrected chi connectivity index (χ0v) is 16.4. The first-order valence-corrected chi connectivity index (χ1v) is 9.34. The molecule has 0 aromatic heterocycles. The predicted octanol–water partition coefficient (Wildman–Crippen LogP) is 3.77. The molecular weight excluding hydrogens is 349 g/mol. The van der Waals surface area contributed by atoms with E-state index in [1.54, 1.807) is 33.1 Å². The fourth-order valence-electron chi connectivity index (χ4n) is 3.68. The number of benzene rings is 1. The number of halogens is 1. The quantitative estimate of drug-likeness (QED) is 0.536. The second-order valence-electron chi connectivity index (χ2n) is 7.21. The SMILES string of the molecule is COC(=O)C(C(=O)C(C)C)C(CC1CCCN=C1OC)c1ccc(F)cc1. The fraction of sp³-hybridized carbons (Fsp3) is 0.571. The molecule has 1 aliphatic rings. The summed E-state index contributed by atoms with van der Waals surface area (Å²) in [6.45, 7) is 4.25. The number of hydrogen-bond acceptors (Lipinski definition) is 5. The van der Waals surface area contributed by atoms with Crippen LogP contribution in [0.15, 0.2) is 29.3 Å². The Morgan fingerprint density at radius 3 is 2.44 bits per heavy atom. The summed E-state index contributed by atoms with van der Waals surface area (Å²) in [5.74, 6) is -2.15. The van der Waals surface area contributed by atoms with Crippen molar-refractivity contribution in [3.05, 3.63) is 35.6 Å². The Bertz CT molecular complexity index is 684. The Kier molecular flexibility index (Phi) is 7.51. The molecule has 0 radical (unpaired) electrons. The summed E-state index contributed by atoms with van der Waals surface area (Å²) in [6, 6.07) is 5.97. The number of rotatable bonds is 7. The van der Waals surface area contributed by atoms with Gasteiger partial charge >= 0.3 is 5.97 Å². The van der Waals surface area contributed by atoms with Crippen LogP contribution in [0, 0.1) is 23.6 Å². The number of hydrogen-bond donors (Lipinski definition) is 0. The molecule has 0 saturated heterocycles. The van der Waals surface area contributed by atoms with Gasteiger partial charge in [-0.25, -0.2) is 4.39 Å². The molecule has 148 valence electrons. The van der Waals surface area contributed by atoms with Gasteiger partial charge in [0.2, 0.25) is 0 Å². The molecule has 0 spiro atoms. The predicted molar refractivity (Wildman–Crippen MR) is 101 cm³/mol. The van der Waals surface area contributed by atoms with Crippen molar-refractivity contribution in [3.8, 4) is 0 Å². The topological polar surface area (TPSA) is 65.0 Å². The van der Waals surface area contributed by atoms with E-state index < -0.39 is 17.8 Å². The van der Waals surface area contributed by atoms with Crippen LogP contribution in [0.4, 0.5) is 4.39 Å². The van der Waals surface area contributed by atoms with Crippen LogP contribution in [-0.2, 0) is 19.1 Å². The van der Waals surface area contributed by atoms with Crippen LogP contribution < -0.4 is 0 Å². The Balaban J connectivity index is 2.45. The third-order valence-electron chi connectivity index (χ3n) is 5.11. The maximum atomic E-state index is 13.4. The lowest BCUT2D eigenvalue weighted by Crippen LogP contribution is -2.36. The van der Waals surface area contributed by atoms with Crippen molar-refractivity contribution in [2.45, 2.75) is 39.0 Å². The highest BCUT2D eigenvalue weighted by molar-refractivity contribution is 6.01. The van der Waals surface area contributed by atoms with E-state index in [2.05, 4.69) is 4.99 Å². The number of carbonyl (C=O) groups excluding carboxylic acids is 2. The van der Waals surface area contributed by atoms with E-state index >= 15 is 0 Å². The van der Waals surface area contributed by atoms with E-state index in [0.29, 0.717) is 18.9 Å². The van der Waals surface area contributed by atoms with Gasteiger partial charge in [0, 0.05) is 24.3 Å². The van der Waals surface area contributed by atoms with Crippen LogP contribution >= 0.6 is 0 Å².